The van der Waals surface area contributed by atoms with E-state index in [1.54, 1.807) is 0 Å². The van der Waals surface area contributed by atoms with E-state index in [1.165, 1.54) is 51.2 Å². The molecule has 1 aliphatic rings. The van der Waals surface area contributed by atoms with Gasteiger partial charge in [0.05, 0.1) is 7.11 Å². The van der Waals surface area contributed by atoms with Crippen LogP contribution in [0.15, 0.2) is 24.3 Å². The number of aliphatic hydroxyl groups is 1. The molecule has 0 heterocycles. The Balaban J connectivity index is 2.07. The first-order valence-corrected chi connectivity index (χ1v) is 7.08. The zero-order valence-corrected chi connectivity index (χ0v) is 11.5. The number of carbonyl (C=O) groups excluding carboxylic acids is 1. The van der Waals surface area contributed by atoms with Crippen molar-refractivity contribution < 1.29 is 14.6 Å². The maximum absolute atomic E-state index is 11.3. The van der Waals surface area contributed by atoms with Crippen molar-refractivity contribution in [2.45, 2.75) is 50.5 Å². The van der Waals surface area contributed by atoms with Crippen molar-refractivity contribution in [1.82, 2.24) is 0 Å². The van der Waals surface area contributed by atoms with Crippen molar-refractivity contribution in [3.05, 3.63) is 35.4 Å². The van der Waals surface area contributed by atoms with Gasteiger partial charge in [-0.3, -0.25) is 0 Å². The smallest absolute Gasteiger partial charge is 0.339 e. The zero-order chi connectivity index (χ0) is 13.7. The van der Waals surface area contributed by atoms with Crippen LogP contribution in [0.1, 0.15) is 61.7 Å². The van der Waals surface area contributed by atoms with Gasteiger partial charge < -0.3 is 9.84 Å². The fraction of sp³-hybridized carbons (Fsp3) is 0.562. The molecule has 0 spiro atoms. The normalized spacial score (nSPS) is 18.6. The lowest BCUT2D eigenvalue weighted by Crippen LogP contribution is -2.13. The predicted octanol–water partition coefficient (Wildman–Crippen LogP) is 3.33. The number of aliphatic hydroxyl groups excluding tert-OH is 1. The molecule has 104 valence electrons. The van der Waals surface area contributed by atoms with Gasteiger partial charge in [-0.2, -0.15) is 0 Å². The van der Waals surface area contributed by atoms with E-state index >= 15 is 0 Å². The van der Waals surface area contributed by atoms with Crippen LogP contribution in [0, 0.1) is 0 Å². The molecule has 1 aromatic rings. The summed E-state index contributed by atoms with van der Waals surface area (Å²) in [5.41, 5.74) is 1.92. The van der Waals surface area contributed by atoms with Crippen LogP contribution >= 0.6 is 0 Å². The van der Waals surface area contributed by atoms with Gasteiger partial charge in [0, 0.05) is 0 Å². The lowest BCUT2D eigenvalue weighted by atomic mass is 9.91. The Morgan fingerprint density at radius 3 is 2.26 bits per heavy atom. The van der Waals surface area contributed by atoms with Crippen LogP contribution in [0.25, 0.3) is 0 Å². The van der Waals surface area contributed by atoms with E-state index in [4.69, 9.17) is 0 Å². The first kappa shape index (κ1) is 14.1. The fourth-order valence-corrected chi connectivity index (χ4v) is 2.81. The highest BCUT2D eigenvalue weighted by Gasteiger charge is 2.19. The van der Waals surface area contributed by atoms with Gasteiger partial charge in [0.25, 0.3) is 0 Å². The second-order valence-electron chi connectivity index (χ2n) is 5.28. The van der Waals surface area contributed by atoms with Crippen LogP contribution in [-0.2, 0) is 9.53 Å². The molecule has 0 saturated heterocycles. The topological polar surface area (TPSA) is 46.5 Å². The average Bonchev–Trinajstić information content (AvgIpc) is 2.75. The molecular formula is C16H22O3. The van der Waals surface area contributed by atoms with Gasteiger partial charge in [0.1, 0.15) is 0 Å². The molecule has 1 saturated carbocycles. The summed E-state index contributed by atoms with van der Waals surface area (Å²) in [6.07, 6.45) is 6.62. The summed E-state index contributed by atoms with van der Waals surface area (Å²) >= 11 is 0. The van der Waals surface area contributed by atoms with Crippen molar-refractivity contribution in [2.75, 3.05) is 7.11 Å². The molecule has 1 atom stereocenters. The van der Waals surface area contributed by atoms with Crippen molar-refractivity contribution >= 4 is 5.97 Å². The SMILES string of the molecule is COC(=O)C(O)c1ccc(C2CCCCCC2)cc1. The molecule has 0 amide bonds. The van der Waals surface area contributed by atoms with Gasteiger partial charge in [-0.25, -0.2) is 4.79 Å². The van der Waals surface area contributed by atoms with Crippen molar-refractivity contribution in [3.63, 3.8) is 0 Å². The maximum atomic E-state index is 11.3. The Bertz CT molecular complexity index is 403. The van der Waals surface area contributed by atoms with E-state index in [2.05, 4.69) is 4.74 Å². The highest BCUT2D eigenvalue weighted by molar-refractivity contribution is 5.76. The first-order valence-electron chi connectivity index (χ1n) is 7.08. The summed E-state index contributed by atoms with van der Waals surface area (Å²) < 4.78 is 4.54. The summed E-state index contributed by atoms with van der Waals surface area (Å²) in [4.78, 5) is 11.3. The molecule has 1 aromatic carbocycles. The summed E-state index contributed by atoms with van der Waals surface area (Å²) in [6, 6.07) is 7.75. The molecule has 1 fully saturated rings. The van der Waals surface area contributed by atoms with Gasteiger partial charge in [-0.05, 0) is 29.9 Å². The summed E-state index contributed by atoms with van der Waals surface area (Å²) in [6.45, 7) is 0. The van der Waals surface area contributed by atoms with Crippen LogP contribution in [0.4, 0.5) is 0 Å². The second kappa shape index (κ2) is 6.71. The molecule has 0 aromatic heterocycles. The van der Waals surface area contributed by atoms with E-state index in [-0.39, 0.29) is 0 Å². The van der Waals surface area contributed by atoms with Crippen molar-refractivity contribution in [3.8, 4) is 0 Å². The summed E-state index contributed by atoms with van der Waals surface area (Å²) in [5.74, 6) is 0.0223. The molecular weight excluding hydrogens is 240 g/mol. The number of carbonyl (C=O) groups is 1. The van der Waals surface area contributed by atoms with E-state index in [0.717, 1.165) is 0 Å². The van der Waals surface area contributed by atoms with Gasteiger partial charge in [0.15, 0.2) is 6.10 Å². The van der Waals surface area contributed by atoms with Crippen molar-refractivity contribution in [1.29, 1.82) is 0 Å². The number of ether oxygens (including phenoxy) is 1. The lowest BCUT2D eigenvalue weighted by Gasteiger charge is -2.15. The molecule has 1 aliphatic carbocycles. The van der Waals surface area contributed by atoms with E-state index < -0.39 is 12.1 Å². The predicted molar refractivity (Wildman–Crippen MR) is 73.9 cm³/mol. The molecule has 0 aliphatic heterocycles. The van der Waals surface area contributed by atoms with E-state index in [1.807, 2.05) is 24.3 Å². The molecule has 1 unspecified atom stereocenters. The molecule has 19 heavy (non-hydrogen) atoms. The minimum Gasteiger partial charge on any atom is -0.467 e. The van der Waals surface area contributed by atoms with Crippen LogP contribution in [0.3, 0.4) is 0 Å². The second-order valence-corrected chi connectivity index (χ2v) is 5.28. The first-order chi connectivity index (χ1) is 9.22. The minimum absolute atomic E-state index is 0.601. The number of hydrogen-bond donors (Lipinski definition) is 1. The average molecular weight is 262 g/mol. The minimum atomic E-state index is -1.17. The Morgan fingerprint density at radius 2 is 1.74 bits per heavy atom. The number of esters is 1. The highest BCUT2D eigenvalue weighted by Crippen LogP contribution is 2.32. The standard InChI is InChI=1S/C16H22O3/c1-19-16(18)15(17)14-10-8-13(9-11-14)12-6-4-2-3-5-7-12/h8-12,15,17H,2-7H2,1H3. The lowest BCUT2D eigenvalue weighted by molar-refractivity contribution is -0.150. The molecule has 3 nitrogen and oxygen atoms in total. The highest BCUT2D eigenvalue weighted by atomic mass is 16.5. The molecule has 0 radical (unpaired) electrons. The van der Waals surface area contributed by atoms with Crippen LogP contribution < -0.4 is 0 Å². The monoisotopic (exact) mass is 262 g/mol. The van der Waals surface area contributed by atoms with Crippen LogP contribution in [-0.4, -0.2) is 18.2 Å². The Morgan fingerprint density at radius 1 is 1.16 bits per heavy atom. The molecule has 2 rings (SSSR count). The van der Waals surface area contributed by atoms with Gasteiger partial charge >= 0.3 is 5.97 Å². The van der Waals surface area contributed by atoms with Crippen LogP contribution in [0.5, 0.6) is 0 Å². The third kappa shape index (κ3) is 3.57. The third-order valence-electron chi connectivity index (χ3n) is 4.00. The quantitative estimate of drug-likeness (QED) is 0.671. The fourth-order valence-electron chi connectivity index (χ4n) is 2.81. The molecule has 0 bridgehead atoms. The molecule has 1 N–H and O–H groups in total. The number of rotatable bonds is 3. The maximum Gasteiger partial charge on any atom is 0.339 e. The van der Waals surface area contributed by atoms with Gasteiger partial charge in [-0.15, -0.1) is 0 Å². The number of methoxy groups -OCH3 is 1. The van der Waals surface area contributed by atoms with Gasteiger partial charge in [-0.1, -0.05) is 49.9 Å². The van der Waals surface area contributed by atoms with E-state index in [0.29, 0.717) is 11.5 Å². The largest absolute Gasteiger partial charge is 0.467 e. The van der Waals surface area contributed by atoms with Crippen LogP contribution in [0.2, 0.25) is 0 Å². The Hall–Kier alpha value is -1.35. The Labute approximate surface area is 114 Å². The van der Waals surface area contributed by atoms with Gasteiger partial charge in [0.2, 0.25) is 0 Å². The number of benzene rings is 1. The number of hydrogen-bond acceptors (Lipinski definition) is 3. The zero-order valence-electron chi connectivity index (χ0n) is 11.5. The van der Waals surface area contributed by atoms with Crippen molar-refractivity contribution in [2.24, 2.45) is 0 Å². The Kier molecular flexibility index (Phi) is 4.97. The third-order valence-corrected chi connectivity index (χ3v) is 4.00. The summed E-state index contributed by atoms with van der Waals surface area (Å²) in [7, 11) is 1.28. The summed E-state index contributed by atoms with van der Waals surface area (Å²) in [5, 5.41) is 9.76. The van der Waals surface area contributed by atoms with E-state index in [9.17, 15) is 9.90 Å². The molecule has 3 heteroatoms.